The van der Waals surface area contributed by atoms with Crippen molar-refractivity contribution in [3.63, 3.8) is 0 Å². The second-order valence-corrected chi connectivity index (χ2v) is 7.52. The summed E-state index contributed by atoms with van der Waals surface area (Å²) in [6.07, 6.45) is 2.15. The predicted octanol–water partition coefficient (Wildman–Crippen LogP) is 0.0286. The molecule has 0 fully saturated rings. The molecule has 6 N–H and O–H groups in total. The Balaban J connectivity index is 2.43. The number of Topliss-reactive ketones (excluding diaryl/α,β-unsaturated/α-hetero) is 1. The SMILES string of the molecule is Cc1cc(N)c(C2CC(=O)[C@H](C)NC(=O)/C=C/[C@@H](O)CC[C@H](C)NC2=O)c(=O)[nH]1. The molecule has 29 heavy (non-hydrogen) atoms. The van der Waals surface area contributed by atoms with Crippen LogP contribution in [0.2, 0.25) is 0 Å². The van der Waals surface area contributed by atoms with Gasteiger partial charge in [-0.15, -0.1) is 0 Å². The number of rotatable bonds is 1. The van der Waals surface area contributed by atoms with Gasteiger partial charge in [-0.1, -0.05) is 6.08 Å². The standard InChI is InChI=1S/C20H28N4O5/c1-10-4-5-13(25)6-7-17(27)24-12(3)16(26)9-14(19(28)22-10)18-15(21)8-11(2)23-20(18)29/h6-8,10,12-14,25H,4-5,9H2,1-3H3,(H,22,28)(H,24,27)(H3,21,23,29)/b7-6+/t10-,12-,13-,14?/m0/s1. The summed E-state index contributed by atoms with van der Waals surface area (Å²) >= 11 is 0. The van der Waals surface area contributed by atoms with E-state index in [1.807, 2.05) is 0 Å². The number of nitrogens with one attached hydrogen (secondary N) is 3. The van der Waals surface area contributed by atoms with Gasteiger partial charge in [-0.05, 0) is 39.7 Å². The number of aliphatic hydroxyl groups is 1. The number of nitrogens with two attached hydrogens (primary N) is 1. The van der Waals surface area contributed by atoms with E-state index in [2.05, 4.69) is 15.6 Å². The number of hydrogen-bond acceptors (Lipinski definition) is 6. The van der Waals surface area contributed by atoms with Crippen molar-refractivity contribution in [2.45, 2.75) is 64.1 Å². The smallest absolute Gasteiger partial charge is 0.254 e. The van der Waals surface area contributed by atoms with E-state index in [1.54, 1.807) is 13.8 Å². The van der Waals surface area contributed by atoms with Gasteiger partial charge < -0.3 is 26.5 Å². The number of aliphatic hydroxyl groups excluding tert-OH is 1. The van der Waals surface area contributed by atoms with Crippen molar-refractivity contribution in [3.8, 4) is 0 Å². The van der Waals surface area contributed by atoms with Crippen LogP contribution in [0.15, 0.2) is 23.0 Å². The van der Waals surface area contributed by atoms with Crippen LogP contribution >= 0.6 is 0 Å². The third-order valence-corrected chi connectivity index (χ3v) is 4.90. The Kier molecular flexibility index (Phi) is 7.33. The second-order valence-electron chi connectivity index (χ2n) is 7.52. The zero-order chi connectivity index (χ0) is 21.7. The Labute approximate surface area is 168 Å². The zero-order valence-electron chi connectivity index (χ0n) is 16.8. The predicted molar refractivity (Wildman–Crippen MR) is 108 cm³/mol. The van der Waals surface area contributed by atoms with Crippen molar-refractivity contribution in [2.75, 3.05) is 5.73 Å². The summed E-state index contributed by atoms with van der Waals surface area (Å²) in [5.41, 5.74) is 6.18. The first-order chi connectivity index (χ1) is 13.6. The Morgan fingerprint density at radius 2 is 1.79 bits per heavy atom. The highest BCUT2D eigenvalue weighted by Crippen LogP contribution is 2.24. The van der Waals surface area contributed by atoms with Gasteiger partial charge in [0.1, 0.15) is 0 Å². The minimum atomic E-state index is -1.10. The van der Waals surface area contributed by atoms with E-state index in [1.165, 1.54) is 25.1 Å². The normalized spacial score (nSPS) is 28.2. The van der Waals surface area contributed by atoms with E-state index in [0.29, 0.717) is 18.5 Å². The van der Waals surface area contributed by atoms with E-state index < -0.39 is 41.2 Å². The molecule has 2 heterocycles. The number of ketones is 1. The van der Waals surface area contributed by atoms with Gasteiger partial charge in [-0.2, -0.15) is 0 Å². The first-order valence-electron chi connectivity index (χ1n) is 9.57. The molecule has 0 aromatic carbocycles. The maximum absolute atomic E-state index is 12.9. The van der Waals surface area contributed by atoms with Gasteiger partial charge in [0, 0.05) is 29.9 Å². The van der Waals surface area contributed by atoms with Gasteiger partial charge >= 0.3 is 0 Å². The minimum absolute atomic E-state index is 0.0270. The quantitative estimate of drug-likeness (QED) is 0.445. The monoisotopic (exact) mass is 404 g/mol. The second kappa shape index (κ2) is 9.51. The number of aromatic amines is 1. The number of hydrogen-bond donors (Lipinski definition) is 5. The number of aryl methyl sites for hydroxylation is 1. The molecule has 0 bridgehead atoms. The van der Waals surface area contributed by atoms with Crippen molar-refractivity contribution in [2.24, 2.45) is 0 Å². The molecule has 1 aromatic rings. The Bertz CT molecular complexity index is 876. The van der Waals surface area contributed by atoms with Gasteiger partial charge in [0.2, 0.25) is 11.8 Å². The number of amides is 2. The summed E-state index contributed by atoms with van der Waals surface area (Å²) in [6, 6.07) is 0.337. The van der Waals surface area contributed by atoms with Crippen molar-refractivity contribution in [1.82, 2.24) is 15.6 Å². The highest BCUT2D eigenvalue weighted by Gasteiger charge is 2.31. The molecule has 2 rings (SSSR count). The number of nitrogen functional groups attached to an aromatic ring is 1. The van der Waals surface area contributed by atoms with E-state index >= 15 is 0 Å². The van der Waals surface area contributed by atoms with Crippen LogP contribution in [0.3, 0.4) is 0 Å². The van der Waals surface area contributed by atoms with Crippen LogP contribution in [0.25, 0.3) is 0 Å². The summed E-state index contributed by atoms with van der Waals surface area (Å²) in [4.78, 5) is 52.7. The lowest BCUT2D eigenvalue weighted by atomic mass is 9.90. The molecule has 1 unspecified atom stereocenters. The van der Waals surface area contributed by atoms with Crippen LogP contribution in [0.4, 0.5) is 5.69 Å². The van der Waals surface area contributed by atoms with Crippen molar-refractivity contribution >= 4 is 23.3 Å². The molecular formula is C20H28N4O5. The number of carbonyl (C=O) groups is 3. The van der Waals surface area contributed by atoms with Gasteiger partial charge in [0.15, 0.2) is 5.78 Å². The molecule has 9 nitrogen and oxygen atoms in total. The van der Waals surface area contributed by atoms with E-state index in [-0.39, 0.29) is 23.7 Å². The Morgan fingerprint density at radius 3 is 2.45 bits per heavy atom. The average molecular weight is 404 g/mol. The highest BCUT2D eigenvalue weighted by molar-refractivity contribution is 5.96. The summed E-state index contributed by atoms with van der Waals surface area (Å²) in [7, 11) is 0. The van der Waals surface area contributed by atoms with Gasteiger partial charge in [-0.3, -0.25) is 19.2 Å². The molecule has 4 atom stereocenters. The summed E-state index contributed by atoms with van der Waals surface area (Å²) < 4.78 is 0. The number of aromatic nitrogens is 1. The molecule has 0 radical (unpaired) electrons. The third kappa shape index (κ3) is 6.02. The molecule has 0 spiro atoms. The highest BCUT2D eigenvalue weighted by atomic mass is 16.3. The lowest BCUT2D eigenvalue weighted by Gasteiger charge is -2.23. The fourth-order valence-electron chi connectivity index (χ4n) is 3.26. The van der Waals surface area contributed by atoms with Gasteiger partial charge in [-0.25, -0.2) is 0 Å². The van der Waals surface area contributed by atoms with E-state index in [9.17, 15) is 24.3 Å². The summed E-state index contributed by atoms with van der Waals surface area (Å²) in [5, 5.41) is 15.3. The lowest BCUT2D eigenvalue weighted by molar-refractivity contribution is -0.129. The molecule has 1 aliphatic rings. The van der Waals surface area contributed by atoms with Crippen LogP contribution in [-0.4, -0.2) is 45.9 Å². The molecule has 2 amide bonds. The van der Waals surface area contributed by atoms with Crippen molar-refractivity contribution in [1.29, 1.82) is 0 Å². The number of carbonyl (C=O) groups excluding carboxylic acids is 3. The maximum atomic E-state index is 12.9. The van der Waals surface area contributed by atoms with Crippen LogP contribution in [-0.2, 0) is 14.4 Å². The first-order valence-corrected chi connectivity index (χ1v) is 9.57. The summed E-state index contributed by atoms with van der Waals surface area (Å²) in [6.45, 7) is 4.92. The average Bonchev–Trinajstić information content (AvgIpc) is 2.62. The molecule has 0 aliphatic carbocycles. The molecule has 0 saturated heterocycles. The van der Waals surface area contributed by atoms with E-state index in [0.717, 1.165) is 0 Å². The minimum Gasteiger partial charge on any atom is -0.398 e. The Morgan fingerprint density at radius 1 is 1.10 bits per heavy atom. The first kappa shape index (κ1) is 22.4. The third-order valence-electron chi connectivity index (χ3n) is 4.90. The molecular weight excluding hydrogens is 376 g/mol. The maximum Gasteiger partial charge on any atom is 0.254 e. The zero-order valence-corrected chi connectivity index (χ0v) is 16.8. The van der Waals surface area contributed by atoms with Gasteiger partial charge in [0.25, 0.3) is 5.56 Å². The van der Waals surface area contributed by atoms with E-state index in [4.69, 9.17) is 5.73 Å². The lowest BCUT2D eigenvalue weighted by Crippen LogP contribution is -2.43. The molecule has 1 aromatic heterocycles. The van der Waals surface area contributed by atoms with Crippen molar-refractivity contribution < 1.29 is 19.5 Å². The van der Waals surface area contributed by atoms with Crippen LogP contribution in [0.5, 0.6) is 0 Å². The molecule has 158 valence electrons. The number of anilines is 1. The van der Waals surface area contributed by atoms with Crippen LogP contribution < -0.4 is 21.9 Å². The van der Waals surface area contributed by atoms with Crippen molar-refractivity contribution in [3.05, 3.63) is 39.8 Å². The Hall–Kier alpha value is -2.94. The van der Waals surface area contributed by atoms with Crippen LogP contribution in [0, 0.1) is 6.92 Å². The number of H-pyrrole nitrogens is 1. The fourth-order valence-corrected chi connectivity index (χ4v) is 3.26. The van der Waals surface area contributed by atoms with Crippen LogP contribution in [0.1, 0.15) is 50.3 Å². The summed E-state index contributed by atoms with van der Waals surface area (Å²) in [5.74, 6) is -2.55. The largest absolute Gasteiger partial charge is 0.398 e. The topological polar surface area (TPSA) is 154 Å². The van der Waals surface area contributed by atoms with Gasteiger partial charge in [0.05, 0.1) is 23.6 Å². The molecule has 9 heteroatoms. The molecule has 1 aliphatic heterocycles. The number of pyridine rings is 1. The fraction of sp³-hybridized carbons (Fsp3) is 0.500. The molecule has 0 saturated carbocycles.